The van der Waals surface area contributed by atoms with E-state index in [9.17, 15) is 9.59 Å². The van der Waals surface area contributed by atoms with Gasteiger partial charge in [-0.2, -0.15) is 0 Å². The number of likely N-dealkylation sites (tertiary alicyclic amines) is 1. The van der Waals surface area contributed by atoms with Gasteiger partial charge in [0, 0.05) is 64.3 Å². The van der Waals surface area contributed by atoms with Gasteiger partial charge in [-0.05, 0) is 18.9 Å². The van der Waals surface area contributed by atoms with E-state index in [0.29, 0.717) is 19.0 Å². The van der Waals surface area contributed by atoms with Gasteiger partial charge in [0.2, 0.25) is 17.8 Å². The number of amides is 2. The highest BCUT2D eigenvalue weighted by atomic mass is 16.2. The molecule has 2 atom stereocenters. The molecule has 0 aromatic carbocycles. The number of rotatable bonds is 3. The van der Waals surface area contributed by atoms with Crippen LogP contribution in [0.3, 0.4) is 0 Å². The second kappa shape index (κ2) is 7.21. The molecule has 0 N–H and O–H groups in total. The van der Waals surface area contributed by atoms with Crippen LogP contribution >= 0.6 is 0 Å². The molecule has 3 rings (SSSR count). The Hall–Kier alpha value is -2.44. The van der Waals surface area contributed by atoms with E-state index in [0.717, 1.165) is 24.8 Å². The lowest BCUT2D eigenvalue weighted by Crippen LogP contribution is -2.41. The van der Waals surface area contributed by atoms with Gasteiger partial charge < -0.3 is 14.7 Å². The largest absolute Gasteiger partial charge is 0.347 e. The van der Waals surface area contributed by atoms with Crippen molar-refractivity contribution in [2.45, 2.75) is 25.3 Å². The molecule has 2 aliphatic heterocycles. The molecule has 25 heavy (non-hydrogen) atoms. The molecule has 2 bridgehead atoms. The number of hydrogen-bond donors (Lipinski definition) is 0. The van der Waals surface area contributed by atoms with Gasteiger partial charge in [-0.15, -0.1) is 0 Å². The van der Waals surface area contributed by atoms with E-state index < -0.39 is 0 Å². The summed E-state index contributed by atoms with van der Waals surface area (Å²) in [5.74, 6) is 0.675. The van der Waals surface area contributed by atoms with Crippen LogP contribution < -0.4 is 4.90 Å². The molecule has 1 aromatic rings. The maximum Gasteiger partial charge on any atom is 0.246 e. The zero-order valence-electron chi connectivity index (χ0n) is 15.1. The van der Waals surface area contributed by atoms with Crippen LogP contribution in [0.5, 0.6) is 0 Å². The van der Waals surface area contributed by atoms with Crippen molar-refractivity contribution in [1.82, 2.24) is 19.8 Å². The number of aromatic nitrogens is 2. The molecule has 7 heteroatoms. The van der Waals surface area contributed by atoms with Gasteiger partial charge in [-0.3, -0.25) is 9.59 Å². The number of likely N-dealkylation sites (N-methyl/N-ethyl adjacent to an activating group) is 1. The molecule has 3 heterocycles. The van der Waals surface area contributed by atoms with Crippen molar-refractivity contribution in [1.29, 1.82) is 0 Å². The Morgan fingerprint density at radius 2 is 1.96 bits per heavy atom. The van der Waals surface area contributed by atoms with Crippen molar-refractivity contribution in [2.75, 3.05) is 39.1 Å². The fourth-order valence-corrected chi connectivity index (χ4v) is 3.46. The Labute approximate surface area is 148 Å². The molecule has 1 aromatic heterocycles. The van der Waals surface area contributed by atoms with Crippen molar-refractivity contribution in [3.05, 3.63) is 24.0 Å². The first kappa shape index (κ1) is 17.4. The summed E-state index contributed by atoms with van der Waals surface area (Å²) < 4.78 is 0. The van der Waals surface area contributed by atoms with Crippen molar-refractivity contribution in [3.63, 3.8) is 0 Å². The first-order chi connectivity index (χ1) is 12.0. The van der Waals surface area contributed by atoms with Crippen LogP contribution in [0.1, 0.15) is 24.8 Å². The molecule has 0 unspecified atom stereocenters. The molecule has 2 aliphatic rings. The highest BCUT2D eigenvalue weighted by molar-refractivity contribution is 5.92. The van der Waals surface area contributed by atoms with E-state index in [1.54, 1.807) is 29.4 Å². The average Bonchev–Trinajstić information content (AvgIpc) is 2.78. The van der Waals surface area contributed by atoms with Crippen molar-refractivity contribution in [2.24, 2.45) is 5.92 Å². The fraction of sp³-hybridized carbons (Fsp3) is 0.556. The van der Waals surface area contributed by atoms with Crippen molar-refractivity contribution >= 4 is 23.8 Å². The summed E-state index contributed by atoms with van der Waals surface area (Å²) in [5, 5.41) is 0. The van der Waals surface area contributed by atoms with Gasteiger partial charge in [0.15, 0.2) is 0 Å². The standard InChI is InChI=1S/C18H25N5O2/c1-21(2)18-19-9-13(10-20-18)7-8-16(24)23-11-14-5-4-6-15(12-23)22(3)17(14)25/h7-10,14-15H,4-6,11-12H2,1-3H3/b8-7+/t14-,15+/m1/s1. The third-order valence-electron chi connectivity index (χ3n) is 4.99. The van der Waals surface area contributed by atoms with Crippen LogP contribution in [0.2, 0.25) is 0 Å². The number of fused-ring (bicyclic) bond motifs is 3. The monoisotopic (exact) mass is 343 g/mol. The summed E-state index contributed by atoms with van der Waals surface area (Å²) in [7, 11) is 5.62. The van der Waals surface area contributed by atoms with Gasteiger partial charge >= 0.3 is 0 Å². The molecule has 134 valence electrons. The summed E-state index contributed by atoms with van der Waals surface area (Å²) in [6.07, 6.45) is 9.56. The van der Waals surface area contributed by atoms with Crippen LogP contribution in [0.25, 0.3) is 6.08 Å². The number of carbonyl (C=O) groups excluding carboxylic acids is 2. The molecule has 0 radical (unpaired) electrons. The Morgan fingerprint density at radius 1 is 1.24 bits per heavy atom. The summed E-state index contributed by atoms with van der Waals surface area (Å²) in [6.45, 7) is 1.12. The maximum absolute atomic E-state index is 12.6. The van der Waals surface area contributed by atoms with E-state index >= 15 is 0 Å². The zero-order valence-corrected chi connectivity index (χ0v) is 15.1. The molecular formula is C18H25N5O2. The predicted molar refractivity (Wildman–Crippen MR) is 95.9 cm³/mol. The summed E-state index contributed by atoms with van der Waals surface area (Å²) in [4.78, 5) is 39.0. The predicted octanol–water partition coefficient (Wildman–Crippen LogP) is 1.03. The average molecular weight is 343 g/mol. The third-order valence-corrected chi connectivity index (χ3v) is 4.99. The first-order valence-corrected chi connectivity index (χ1v) is 8.68. The van der Waals surface area contributed by atoms with Crippen LogP contribution in [0.15, 0.2) is 18.5 Å². The normalized spacial score (nSPS) is 23.7. The molecule has 2 saturated heterocycles. The smallest absolute Gasteiger partial charge is 0.246 e. The van der Waals surface area contributed by atoms with Gasteiger partial charge in [-0.25, -0.2) is 9.97 Å². The Balaban J connectivity index is 1.69. The number of hydrogen-bond acceptors (Lipinski definition) is 5. The lowest BCUT2D eigenvalue weighted by atomic mass is 9.99. The Bertz CT molecular complexity index is 671. The SMILES string of the molecule is CN(C)c1ncc(/C=C/C(=O)N2C[C@H]3CCC[C@@H](C2)N(C)C3=O)cn1. The van der Waals surface area contributed by atoms with E-state index in [-0.39, 0.29) is 23.8 Å². The minimum Gasteiger partial charge on any atom is -0.347 e. The second-order valence-electron chi connectivity index (χ2n) is 7.02. The topological polar surface area (TPSA) is 69.6 Å². The van der Waals surface area contributed by atoms with Crippen molar-refractivity contribution < 1.29 is 9.59 Å². The lowest BCUT2D eigenvalue weighted by Gasteiger charge is -2.28. The molecule has 2 fully saturated rings. The number of anilines is 1. The number of nitrogens with zero attached hydrogens (tertiary/aromatic N) is 5. The van der Waals surface area contributed by atoms with Crippen LogP contribution in [-0.2, 0) is 9.59 Å². The third kappa shape index (κ3) is 3.81. The molecule has 2 amide bonds. The minimum absolute atomic E-state index is 0.0586. The summed E-state index contributed by atoms with van der Waals surface area (Å²) >= 11 is 0. The first-order valence-electron chi connectivity index (χ1n) is 8.68. The molecular weight excluding hydrogens is 318 g/mol. The molecule has 0 spiro atoms. The van der Waals surface area contributed by atoms with Gasteiger partial charge in [-0.1, -0.05) is 6.42 Å². The molecule has 0 aliphatic carbocycles. The molecule has 0 saturated carbocycles. The quantitative estimate of drug-likeness (QED) is 0.767. The zero-order chi connectivity index (χ0) is 18.0. The summed E-state index contributed by atoms with van der Waals surface area (Å²) in [6, 6.07) is 0.125. The van der Waals surface area contributed by atoms with E-state index in [1.165, 1.54) is 0 Å². The fourth-order valence-electron chi connectivity index (χ4n) is 3.46. The van der Waals surface area contributed by atoms with E-state index in [4.69, 9.17) is 0 Å². The van der Waals surface area contributed by atoms with Gasteiger partial charge in [0.05, 0.1) is 5.92 Å². The number of carbonyl (C=O) groups is 2. The van der Waals surface area contributed by atoms with E-state index in [1.807, 2.05) is 30.9 Å². The van der Waals surface area contributed by atoms with Crippen molar-refractivity contribution in [3.8, 4) is 0 Å². The minimum atomic E-state index is -0.0717. The maximum atomic E-state index is 12.6. The van der Waals surface area contributed by atoms with Crippen LogP contribution in [0.4, 0.5) is 5.95 Å². The highest BCUT2D eigenvalue weighted by Gasteiger charge is 2.37. The Morgan fingerprint density at radius 3 is 2.64 bits per heavy atom. The van der Waals surface area contributed by atoms with E-state index in [2.05, 4.69) is 9.97 Å². The highest BCUT2D eigenvalue weighted by Crippen LogP contribution is 2.27. The van der Waals surface area contributed by atoms with Gasteiger partial charge in [0.25, 0.3) is 0 Å². The van der Waals surface area contributed by atoms with Gasteiger partial charge in [0.1, 0.15) is 0 Å². The molecule has 7 nitrogen and oxygen atoms in total. The second-order valence-corrected chi connectivity index (χ2v) is 7.02. The summed E-state index contributed by atoms with van der Waals surface area (Å²) in [5.41, 5.74) is 0.780. The van der Waals surface area contributed by atoms with Crippen LogP contribution in [-0.4, -0.2) is 71.9 Å². The Kier molecular flexibility index (Phi) is 5.01. The van der Waals surface area contributed by atoms with Crippen LogP contribution in [0, 0.1) is 5.92 Å². The lowest BCUT2D eigenvalue weighted by molar-refractivity contribution is -0.134.